The van der Waals surface area contributed by atoms with Gasteiger partial charge >= 0.3 is 0 Å². The Balaban J connectivity index is 1.62. The molecule has 1 saturated heterocycles. The van der Waals surface area contributed by atoms with E-state index in [0.29, 0.717) is 17.1 Å². The fourth-order valence-corrected chi connectivity index (χ4v) is 3.53. The van der Waals surface area contributed by atoms with Crippen LogP contribution in [-0.2, 0) is 14.6 Å². The van der Waals surface area contributed by atoms with Crippen LogP contribution < -0.4 is 4.74 Å². The van der Waals surface area contributed by atoms with E-state index in [1.807, 2.05) is 30.3 Å². The van der Waals surface area contributed by atoms with Gasteiger partial charge in [-0.2, -0.15) is 0 Å². The molecule has 0 N–H and O–H groups in total. The van der Waals surface area contributed by atoms with Crippen LogP contribution in [0.1, 0.15) is 12.8 Å². The van der Waals surface area contributed by atoms with Crippen LogP contribution in [0.25, 0.3) is 0 Å². The Bertz CT molecular complexity index is 704. The van der Waals surface area contributed by atoms with Gasteiger partial charge in [0.2, 0.25) is 0 Å². The quantitative estimate of drug-likeness (QED) is 0.734. The van der Waals surface area contributed by atoms with Crippen molar-refractivity contribution in [2.75, 3.05) is 12.4 Å². The molecule has 2 aromatic carbocycles. The molecule has 4 nitrogen and oxygen atoms in total. The highest BCUT2D eigenvalue weighted by atomic mass is 32.2. The van der Waals surface area contributed by atoms with Crippen molar-refractivity contribution in [3.63, 3.8) is 0 Å². The maximum absolute atomic E-state index is 12.2. The number of para-hydroxylation sites is 1. The smallest absolute Gasteiger partial charge is 0.178 e. The molecule has 1 atom stereocenters. The average molecular weight is 318 g/mol. The summed E-state index contributed by atoms with van der Waals surface area (Å²) in [5.41, 5.74) is 0. The second kappa shape index (κ2) is 6.50. The minimum atomic E-state index is -3.23. The molecule has 1 aliphatic rings. The average Bonchev–Trinajstić information content (AvgIpc) is 3.33. The van der Waals surface area contributed by atoms with Crippen molar-refractivity contribution in [1.82, 2.24) is 0 Å². The monoisotopic (exact) mass is 318 g/mol. The summed E-state index contributed by atoms with van der Waals surface area (Å²) in [7, 11) is -3.23. The zero-order valence-corrected chi connectivity index (χ0v) is 13.0. The molecular formula is C17H18O4S. The lowest BCUT2D eigenvalue weighted by molar-refractivity contribution is 0.395. The summed E-state index contributed by atoms with van der Waals surface area (Å²) in [5.74, 6) is 1.50. The van der Waals surface area contributed by atoms with Crippen LogP contribution in [0.4, 0.5) is 0 Å². The summed E-state index contributed by atoms with van der Waals surface area (Å²) >= 11 is 0. The normalized spacial score (nSPS) is 17.2. The molecular weight excluding hydrogens is 300 g/mol. The van der Waals surface area contributed by atoms with Gasteiger partial charge in [-0.15, -0.1) is 0 Å². The Morgan fingerprint density at radius 3 is 2.27 bits per heavy atom. The van der Waals surface area contributed by atoms with Gasteiger partial charge in [-0.3, -0.25) is 0 Å². The van der Waals surface area contributed by atoms with E-state index in [4.69, 9.17) is 9.47 Å². The van der Waals surface area contributed by atoms with Gasteiger partial charge < -0.3 is 9.47 Å². The van der Waals surface area contributed by atoms with Crippen molar-refractivity contribution in [2.24, 2.45) is 0 Å². The third kappa shape index (κ3) is 4.08. The predicted molar refractivity (Wildman–Crippen MR) is 84.0 cm³/mol. The number of sulfone groups is 1. The number of hydrogen-bond acceptors (Lipinski definition) is 4. The van der Waals surface area contributed by atoms with Gasteiger partial charge in [0.05, 0.1) is 23.4 Å². The molecule has 0 radical (unpaired) electrons. The minimum Gasteiger partial charge on any atom is -0.457 e. The first-order valence-electron chi connectivity index (χ1n) is 7.31. The maximum Gasteiger partial charge on any atom is 0.178 e. The summed E-state index contributed by atoms with van der Waals surface area (Å²) in [4.78, 5) is 0.338. The number of epoxide rings is 1. The van der Waals surface area contributed by atoms with Crippen molar-refractivity contribution in [3.05, 3.63) is 54.6 Å². The molecule has 0 bridgehead atoms. The number of hydrogen-bond donors (Lipinski definition) is 0. The molecule has 3 rings (SSSR count). The van der Waals surface area contributed by atoms with E-state index in [2.05, 4.69) is 0 Å². The van der Waals surface area contributed by atoms with E-state index in [9.17, 15) is 8.42 Å². The number of rotatable bonds is 7. The van der Waals surface area contributed by atoms with Crippen LogP contribution >= 0.6 is 0 Å². The van der Waals surface area contributed by atoms with Crippen molar-refractivity contribution >= 4 is 9.84 Å². The first-order chi connectivity index (χ1) is 10.6. The highest BCUT2D eigenvalue weighted by Crippen LogP contribution is 2.24. The van der Waals surface area contributed by atoms with Crippen LogP contribution in [0.15, 0.2) is 59.5 Å². The predicted octanol–water partition coefficient (Wildman–Crippen LogP) is 3.43. The van der Waals surface area contributed by atoms with E-state index in [-0.39, 0.29) is 11.9 Å². The Kier molecular flexibility index (Phi) is 4.45. The molecule has 116 valence electrons. The Morgan fingerprint density at radius 1 is 1.00 bits per heavy atom. The van der Waals surface area contributed by atoms with Gasteiger partial charge in [-0.25, -0.2) is 8.42 Å². The minimum absolute atomic E-state index is 0.158. The molecule has 0 saturated carbocycles. The summed E-state index contributed by atoms with van der Waals surface area (Å²) in [6.07, 6.45) is 1.72. The molecule has 1 unspecified atom stereocenters. The molecule has 1 heterocycles. The van der Waals surface area contributed by atoms with E-state index in [1.165, 1.54) is 0 Å². The molecule has 0 amide bonds. The molecule has 0 spiro atoms. The lowest BCUT2D eigenvalue weighted by atomic mass is 10.3. The lowest BCUT2D eigenvalue weighted by Gasteiger charge is -2.07. The zero-order chi connectivity index (χ0) is 15.4. The van der Waals surface area contributed by atoms with Crippen LogP contribution in [0.2, 0.25) is 0 Å². The molecule has 1 aliphatic heterocycles. The molecule has 0 aromatic heterocycles. The highest BCUT2D eigenvalue weighted by molar-refractivity contribution is 7.91. The third-order valence-electron chi connectivity index (χ3n) is 3.50. The van der Waals surface area contributed by atoms with Gasteiger partial charge in [0.15, 0.2) is 9.84 Å². The largest absolute Gasteiger partial charge is 0.457 e. The second-order valence-corrected chi connectivity index (χ2v) is 7.41. The summed E-state index contributed by atoms with van der Waals surface area (Å²) < 4.78 is 35.2. The Morgan fingerprint density at radius 2 is 1.64 bits per heavy atom. The number of benzene rings is 2. The Labute approximate surface area is 130 Å². The second-order valence-electron chi connectivity index (χ2n) is 5.30. The van der Waals surface area contributed by atoms with Crippen LogP contribution in [-0.4, -0.2) is 26.9 Å². The van der Waals surface area contributed by atoms with E-state index in [0.717, 1.165) is 18.8 Å². The molecule has 2 aromatic rings. The lowest BCUT2D eigenvalue weighted by Crippen LogP contribution is -2.07. The summed E-state index contributed by atoms with van der Waals surface area (Å²) in [6.45, 7) is 0.769. The van der Waals surface area contributed by atoms with Crippen molar-refractivity contribution in [3.8, 4) is 11.5 Å². The van der Waals surface area contributed by atoms with Crippen molar-refractivity contribution in [2.45, 2.75) is 23.8 Å². The third-order valence-corrected chi connectivity index (χ3v) is 5.32. The summed E-state index contributed by atoms with van der Waals surface area (Å²) in [5, 5.41) is 0. The standard InChI is InChI=1S/C17H18O4S/c18-22(19,12-4-7-16-13-20-16)17-10-8-15(9-11-17)21-14-5-2-1-3-6-14/h1-3,5-6,8-11,16H,4,7,12-13H2. The van der Waals surface area contributed by atoms with Crippen LogP contribution in [0, 0.1) is 0 Å². The van der Waals surface area contributed by atoms with Gasteiger partial charge in [0.25, 0.3) is 0 Å². The molecule has 0 aliphatic carbocycles. The number of ether oxygens (including phenoxy) is 2. The zero-order valence-electron chi connectivity index (χ0n) is 12.1. The first kappa shape index (κ1) is 15.1. The maximum atomic E-state index is 12.2. The fourth-order valence-electron chi connectivity index (χ4n) is 2.19. The molecule has 5 heteroatoms. The van der Waals surface area contributed by atoms with Crippen LogP contribution in [0.3, 0.4) is 0 Å². The van der Waals surface area contributed by atoms with Crippen molar-refractivity contribution in [1.29, 1.82) is 0 Å². The summed E-state index contributed by atoms with van der Waals surface area (Å²) in [6, 6.07) is 16.0. The molecule has 22 heavy (non-hydrogen) atoms. The SMILES string of the molecule is O=S(=O)(CCCC1CO1)c1ccc(Oc2ccccc2)cc1. The topological polar surface area (TPSA) is 55.9 Å². The van der Waals surface area contributed by atoms with Gasteiger partial charge in [-0.05, 0) is 49.2 Å². The van der Waals surface area contributed by atoms with E-state index >= 15 is 0 Å². The van der Waals surface area contributed by atoms with E-state index < -0.39 is 9.84 Å². The first-order valence-corrected chi connectivity index (χ1v) is 8.96. The van der Waals surface area contributed by atoms with Gasteiger partial charge in [0.1, 0.15) is 11.5 Å². The van der Waals surface area contributed by atoms with Gasteiger partial charge in [-0.1, -0.05) is 18.2 Å². The van der Waals surface area contributed by atoms with Crippen LogP contribution in [0.5, 0.6) is 11.5 Å². The highest BCUT2D eigenvalue weighted by Gasteiger charge is 2.23. The van der Waals surface area contributed by atoms with Gasteiger partial charge in [0, 0.05) is 0 Å². The van der Waals surface area contributed by atoms with E-state index in [1.54, 1.807) is 24.3 Å². The van der Waals surface area contributed by atoms with Crippen molar-refractivity contribution < 1.29 is 17.9 Å². The fraction of sp³-hybridized carbons (Fsp3) is 0.294. The Hall–Kier alpha value is -1.85. The molecule has 1 fully saturated rings.